The first kappa shape index (κ1) is 19.0. The molecule has 0 radical (unpaired) electrons. The molecule has 1 saturated heterocycles. The van der Waals surface area contributed by atoms with E-state index in [1.807, 2.05) is 0 Å². The van der Waals surface area contributed by atoms with Crippen molar-refractivity contribution in [3.63, 3.8) is 0 Å². The first-order valence-corrected chi connectivity index (χ1v) is 11.5. The third-order valence-corrected chi connectivity index (χ3v) is 11.0. The van der Waals surface area contributed by atoms with Gasteiger partial charge in [-0.1, -0.05) is 13.8 Å². The summed E-state index contributed by atoms with van der Waals surface area (Å²) in [5.41, 5.74) is -2.30. The van der Waals surface area contributed by atoms with Gasteiger partial charge in [-0.3, -0.25) is 14.4 Å². The number of hydrogen-bond donors (Lipinski definition) is 1. The van der Waals surface area contributed by atoms with E-state index in [1.165, 1.54) is 0 Å². The second-order valence-electron chi connectivity index (χ2n) is 11.5. The molecule has 0 bridgehead atoms. The Kier molecular flexibility index (Phi) is 3.39. The van der Waals surface area contributed by atoms with Gasteiger partial charge in [0.2, 0.25) is 0 Å². The molecule has 10 atom stereocenters. The van der Waals surface area contributed by atoms with E-state index >= 15 is 0 Å². The van der Waals surface area contributed by atoms with Crippen molar-refractivity contribution >= 4 is 17.5 Å². The molecule has 160 valence electrons. The Bertz CT molecular complexity index is 938. The third-order valence-electron chi connectivity index (χ3n) is 11.0. The summed E-state index contributed by atoms with van der Waals surface area (Å²) in [5.74, 6) is -1.19. The van der Waals surface area contributed by atoms with E-state index in [2.05, 4.69) is 19.9 Å². The van der Waals surface area contributed by atoms with Crippen LogP contribution in [0.25, 0.3) is 0 Å². The lowest BCUT2D eigenvalue weighted by atomic mass is 9.29. The summed E-state index contributed by atoms with van der Waals surface area (Å²) in [6, 6.07) is 2.48. The SMILES string of the molecule is C[C@]12C[C@@H](O)[C@H]3[C@@H](C[C@H]4C(=O)[C@H]5C(=O)CC[C@@]3(C)[C@@]54C#N)[C@@H]1CC[C@@]21CCC(=O)O1. The van der Waals surface area contributed by atoms with Gasteiger partial charge in [0.25, 0.3) is 0 Å². The minimum atomic E-state index is -0.953. The fourth-order valence-corrected chi connectivity index (χ4v) is 9.78. The van der Waals surface area contributed by atoms with Crippen LogP contribution in [0.15, 0.2) is 0 Å². The smallest absolute Gasteiger partial charge is 0.306 e. The highest BCUT2D eigenvalue weighted by molar-refractivity contribution is 6.11. The quantitative estimate of drug-likeness (QED) is 0.485. The second-order valence-corrected chi connectivity index (χ2v) is 11.5. The summed E-state index contributed by atoms with van der Waals surface area (Å²) >= 11 is 0. The highest BCUT2D eigenvalue weighted by Gasteiger charge is 2.81. The summed E-state index contributed by atoms with van der Waals surface area (Å²) in [5, 5.41) is 21.8. The zero-order valence-electron chi connectivity index (χ0n) is 17.6. The molecule has 6 nitrogen and oxygen atoms in total. The molecule has 6 rings (SSSR count). The van der Waals surface area contributed by atoms with Gasteiger partial charge in [0.05, 0.1) is 23.5 Å². The molecule has 1 spiro atoms. The van der Waals surface area contributed by atoms with Crippen LogP contribution >= 0.6 is 0 Å². The van der Waals surface area contributed by atoms with Gasteiger partial charge in [0.15, 0.2) is 0 Å². The van der Waals surface area contributed by atoms with Crippen LogP contribution in [0.3, 0.4) is 0 Å². The number of aliphatic hydroxyl groups excluding tert-OH is 1. The van der Waals surface area contributed by atoms with Crippen LogP contribution in [-0.4, -0.2) is 34.3 Å². The zero-order chi connectivity index (χ0) is 21.3. The molecular formula is C24H29NO5. The van der Waals surface area contributed by atoms with Crippen molar-refractivity contribution in [2.24, 2.45) is 45.8 Å². The number of carbonyl (C=O) groups excluding carboxylic acids is 3. The highest BCUT2D eigenvalue weighted by Crippen LogP contribution is 2.77. The number of Topliss-reactive ketones (excluding diaryl/α,β-unsaturated/α-hetero) is 2. The summed E-state index contributed by atoms with van der Waals surface area (Å²) in [7, 11) is 0. The number of esters is 1. The molecule has 0 aromatic rings. The molecule has 30 heavy (non-hydrogen) atoms. The van der Waals surface area contributed by atoms with Crippen molar-refractivity contribution in [2.75, 3.05) is 0 Å². The number of ketones is 2. The molecule has 5 aliphatic carbocycles. The van der Waals surface area contributed by atoms with Gasteiger partial charge in [0, 0.05) is 24.2 Å². The summed E-state index contributed by atoms with van der Waals surface area (Å²) in [4.78, 5) is 37.7. The second kappa shape index (κ2) is 5.35. The van der Waals surface area contributed by atoms with Crippen molar-refractivity contribution in [1.82, 2.24) is 0 Å². The molecular weight excluding hydrogens is 382 g/mol. The van der Waals surface area contributed by atoms with Crippen molar-refractivity contribution < 1.29 is 24.2 Å². The number of hydrogen-bond acceptors (Lipinski definition) is 6. The number of nitrogens with zero attached hydrogens (tertiary/aromatic N) is 1. The van der Waals surface area contributed by atoms with Crippen molar-refractivity contribution in [3.05, 3.63) is 0 Å². The lowest BCUT2D eigenvalue weighted by Crippen LogP contribution is -2.76. The molecule has 0 aromatic carbocycles. The van der Waals surface area contributed by atoms with Gasteiger partial charge in [-0.15, -0.1) is 0 Å². The van der Waals surface area contributed by atoms with Crippen molar-refractivity contribution in [3.8, 4) is 6.07 Å². The Labute approximate surface area is 176 Å². The highest BCUT2D eigenvalue weighted by atomic mass is 16.6. The van der Waals surface area contributed by atoms with Crippen molar-refractivity contribution in [2.45, 2.75) is 76.9 Å². The number of carbonyl (C=O) groups is 3. The molecule has 6 fully saturated rings. The Morgan fingerprint density at radius 3 is 2.53 bits per heavy atom. The number of aliphatic hydroxyl groups is 1. The Balaban J connectivity index is 1.46. The molecule has 1 N–H and O–H groups in total. The molecule has 1 heterocycles. The van der Waals surface area contributed by atoms with Crippen LogP contribution < -0.4 is 0 Å². The predicted molar refractivity (Wildman–Crippen MR) is 103 cm³/mol. The lowest BCUT2D eigenvalue weighted by molar-refractivity contribution is -0.249. The number of ether oxygens (including phenoxy) is 1. The van der Waals surface area contributed by atoms with Gasteiger partial charge < -0.3 is 9.84 Å². The van der Waals surface area contributed by atoms with E-state index in [-0.39, 0.29) is 40.7 Å². The molecule has 6 aliphatic rings. The number of fused-ring (bicyclic) bond motifs is 5. The van der Waals surface area contributed by atoms with Crippen LogP contribution in [-0.2, 0) is 19.1 Å². The Hall–Kier alpha value is -1.74. The lowest BCUT2D eigenvalue weighted by Gasteiger charge is -2.71. The largest absolute Gasteiger partial charge is 0.458 e. The molecule has 0 amide bonds. The van der Waals surface area contributed by atoms with E-state index in [4.69, 9.17) is 4.74 Å². The summed E-state index contributed by atoms with van der Waals surface area (Å²) in [6.45, 7) is 4.24. The van der Waals surface area contributed by atoms with Gasteiger partial charge in [0.1, 0.15) is 17.2 Å². The average molecular weight is 411 g/mol. The van der Waals surface area contributed by atoms with Crippen LogP contribution in [0.4, 0.5) is 0 Å². The van der Waals surface area contributed by atoms with Crippen LogP contribution in [0.1, 0.15) is 65.2 Å². The van der Waals surface area contributed by atoms with E-state index in [0.717, 1.165) is 12.8 Å². The topological polar surface area (TPSA) is 104 Å². The predicted octanol–water partition coefficient (Wildman–Crippen LogP) is 2.57. The monoisotopic (exact) mass is 411 g/mol. The maximum absolute atomic E-state index is 13.0. The summed E-state index contributed by atoms with van der Waals surface area (Å²) < 4.78 is 5.94. The number of nitriles is 1. The Morgan fingerprint density at radius 2 is 1.87 bits per heavy atom. The average Bonchev–Trinajstić information content (AvgIpc) is 3.21. The van der Waals surface area contributed by atoms with Crippen LogP contribution in [0.5, 0.6) is 0 Å². The van der Waals surface area contributed by atoms with Gasteiger partial charge in [-0.25, -0.2) is 0 Å². The van der Waals surface area contributed by atoms with E-state index in [1.54, 1.807) is 0 Å². The van der Waals surface area contributed by atoms with E-state index < -0.39 is 34.4 Å². The van der Waals surface area contributed by atoms with E-state index in [9.17, 15) is 24.8 Å². The van der Waals surface area contributed by atoms with Crippen LogP contribution in [0, 0.1) is 57.2 Å². The van der Waals surface area contributed by atoms with E-state index in [0.29, 0.717) is 38.5 Å². The van der Waals surface area contributed by atoms with Gasteiger partial charge in [-0.05, 0) is 61.7 Å². The molecule has 0 aromatic heterocycles. The minimum absolute atomic E-state index is 0.0484. The standard InChI is InChI=1S/C24H29NO5/c1-21-6-4-15(26)19-20(29)14(24(19,21)11-25)9-12-13-3-7-23(8-5-17(28)30-23)22(13,2)10-16(27)18(12)21/h12-14,16,18-19,27H,3-10H2,1-2H3/t12-,13-,14-,16+,18+,19+,21+,22-,23+,24+/m0/s1. The fourth-order valence-electron chi connectivity index (χ4n) is 9.78. The Morgan fingerprint density at radius 1 is 1.10 bits per heavy atom. The van der Waals surface area contributed by atoms with Gasteiger partial charge >= 0.3 is 5.97 Å². The third kappa shape index (κ3) is 1.70. The molecule has 5 saturated carbocycles. The van der Waals surface area contributed by atoms with Crippen LogP contribution in [0.2, 0.25) is 0 Å². The maximum Gasteiger partial charge on any atom is 0.306 e. The number of rotatable bonds is 0. The minimum Gasteiger partial charge on any atom is -0.458 e. The first-order valence-electron chi connectivity index (χ1n) is 11.5. The van der Waals surface area contributed by atoms with Crippen molar-refractivity contribution in [1.29, 1.82) is 5.26 Å². The fraction of sp³-hybridized carbons (Fsp3) is 0.833. The normalized spacial score (nSPS) is 58.4. The first-order chi connectivity index (χ1) is 14.2. The zero-order valence-corrected chi connectivity index (χ0v) is 17.6. The molecule has 1 aliphatic heterocycles. The molecule has 6 heteroatoms. The maximum atomic E-state index is 13.0. The molecule has 0 unspecified atom stereocenters. The summed E-state index contributed by atoms with van der Waals surface area (Å²) in [6.07, 6.45) is 4.30. The van der Waals surface area contributed by atoms with Gasteiger partial charge in [-0.2, -0.15) is 5.26 Å².